The first kappa shape index (κ1) is 16.3. The molecule has 0 unspecified atom stereocenters. The number of hydrogen-bond acceptors (Lipinski definition) is 4. The molecule has 0 aliphatic carbocycles. The SMILES string of the molecule is CI.O=C(C[C@H]1CN2CCC1CC2)c1ccc2scnc2c1. The number of nitrogens with zero attached hydrogens (tertiary/aromatic N) is 2. The number of rotatable bonds is 3. The van der Waals surface area contributed by atoms with Crippen molar-refractivity contribution in [3.05, 3.63) is 29.3 Å². The lowest BCUT2D eigenvalue weighted by Gasteiger charge is -2.44. The molecule has 5 rings (SSSR count). The molecule has 0 amide bonds. The Morgan fingerprint density at radius 2 is 2.14 bits per heavy atom. The highest BCUT2D eigenvalue weighted by Crippen LogP contribution is 2.35. The molecule has 22 heavy (non-hydrogen) atoms. The van der Waals surface area contributed by atoms with Crippen molar-refractivity contribution in [3.63, 3.8) is 0 Å². The van der Waals surface area contributed by atoms with E-state index in [-0.39, 0.29) is 0 Å². The Bertz CT molecular complexity index is 649. The number of piperidine rings is 3. The van der Waals surface area contributed by atoms with Crippen LogP contribution in [0, 0.1) is 11.8 Å². The van der Waals surface area contributed by atoms with Crippen LogP contribution in [0.25, 0.3) is 10.2 Å². The number of benzene rings is 1. The van der Waals surface area contributed by atoms with Gasteiger partial charge in [0.05, 0.1) is 15.7 Å². The van der Waals surface area contributed by atoms with Gasteiger partial charge in [0.15, 0.2) is 5.78 Å². The molecule has 1 aromatic heterocycles. The summed E-state index contributed by atoms with van der Waals surface area (Å²) in [6.07, 6.45) is 3.27. The van der Waals surface area contributed by atoms with E-state index in [0.717, 1.165) is 28.2 Å². The molecule has 2 bridgehead atoms. The van der Waals surface area contributed by atoms with Crippen LogP contribution in [-0.4, -0.2) is 40.2 Å². The number of Topliss-reactive ketones (excluding diaryl/α,β-unsaturated/α-hetero) is 1. The predicted octanol–water partition coefficient (Wildman–Crippen LogP) is 4.26. The van der Waals surface area contributed by atoms with Gasteiger partial charge in [0, 0.05) is 18.5 Å². The van der Waals surface area contributed by atoms with E-state index in [1.165, 1.54) is 25.9 Å². The Morgan fingerprint density at radius 3 is 2.82 bits per heavy atom. The van der Waals surface area contributed by atoms with E-state index in [0.29, 0.717) is 18.1 Å². The number of fused-ring (bicyclic) bond motifs is 4. The van der Waals surface area contributed by atoms with Crippen LogP contribution in [0.15, 0.2) is 23.7 Å². The lowest BCUT2D eigenvalue weighted by molar-refractivity contribution is 0.0441. The Labute approximate surface area is 149 Å². The number of carbonyl (C=O) groups excluding carboxylic acids is 1. The van der Waals surface area contributed by atoms with Gasteiger partial charge in [0.1, 0.15) is 0 Å². The largest absolute Gasteiger partial charge is 0.303 e. The first-order valence-electron chi connectivity index (χ1n) is 7.76. The third-order valence-electron chi connectivity index (χ3n) is 4.89. The maximum absolute atomic E-state index is 12.5. The van der Waals surface area contributed by atoms with Crippen molar-refractivity contribution in [3.8, 4) is 0 Å². The standard InChI is InChI=1S/C16H18N2OS.CH3I/c19-15(8-13-9-18-5-3-11(13)4-6-18)12-1-2-16-14(7-12)17-10-20-16;1-2/h1-2,7,10-11,13H,3-6,8-9H2;1H3/t13-;/m0./s1. The van der Waals surface area contributed by atoms with E-state index in [4.69, 9.17) is 0 Å². The average Bonchev–Trinajstić information content (AvgIpc) is 3.05. The molecule has 3 nitrogen and oxygen atoms in total. The highest BCUT2D eigenvalue weighted by molar-refractivity contribution is 14.1. The monoisotopic (exact) mass is 428 g/mol. The van der Waals surface area contributed by atoms with Crippen LogP contribution in [0.2, 0.25) is 0 Å². The average molecular weight is 428 g/mol. The molecule has 4 heterocycles. The fourth-order valence-electron chi connectivity index (χ4n) is 3.71. The van der Waals surface area contributed by atoms with Crippen molar-refractivity contribution in [1.82, 2.24) is 9.88 Å². The van der Waals surface area contributed by atoms with E-state index in [1.54, 1.807) is 11.3 Å². The fraction of sp³-hybridized carbons (Fsp3) is 0.529. The van der Waals surface area contributed by atoms with E-state index < -0.39 is 0 Å². The van der Waals surface area contributed by atoms with Crippen molar-refractivity contribution in [1.29, 1.82) is 0 Å². The minimum Gasteiger partial charge on any atom is -0.303 e. The number of aromatic nitrogens is 1. The molecule has 3 aliphatic rings. The van der Waals surface area contributed by atoms with Gasteiger partial charge in [-0.05, 0) is 60.9 Å². The Kier molecular flexibility index (Phi) is 5.46. The van der Waals surface area contributed by atoms with Gasteiger partial charge in [-0.25, -0.2) is 4.98 Å². The van der Waals surface area contributed by atoms with Gasteiger partial charge in [-0.3, -0.25) is 4.79 Å². The zero-order valence-corrected chi connectivity index (χ0v) is 15.8. The van der Waals surface area contributed by atoms with Crippen molar-refractivity contribution in [2.75, 3.05) is 24.6 Å². The van der Waals surface area contributed by atoms with Gasteiger partial charge in [-0.2, -0.15) is 0 Å². The first-order chi connectivity index (χ1) is 10.8. The molecule has 1 aromatic carbocycles. The maximum Gasteiger partial charge on any atom is 0.163 e. The molecular formula is C17H21IN2OS. The Hall–Kier alpha value is -0.530. The summed E-state index contributed by atoms with van der Waals surface area (Å²) in [5.41, 5.74) is 3.63. The van der Waals surface area contributed by atoms with E-state index in [1.807, 2.05) is 28.6 Å². The smallest absolute Gasteiger partial charge is 0.163 e. The maximum atomic E-state index is 12.5. The molecule has 2 aromatic rings. The summed E-state index contributed by atoms with van der Waals surface area (Å²) < 4.78 is 1.16. The lowest BCUT2D eigenvalue weighted by Crippen LogP contribution is -2.47. The van der Waals surface area contributed by atoms with Gasteiger partial charge in [-0.1, -0.05) is 22.6 Å². The molecule has 0 N–H and O–H groups in total. The topological polar surface area (TPSA) is 33.2 Å². The molecule has 0 spiro atoms. The van der Waals surface area contributed by atoms with Crippen molar-refractivity contribution in [2.45, 2.75) is 19.3 Å². The summed E-state index contributed by atoms with van der Waals surface area (Å²) in [7, 11) is 0. The summed E-state index contributed by atoms with van der Waals surface area (Å²) in [6, 6.07) is 5.94. The second-order valence-electron chi connectivity index (χ2n) is 6.06. The molecule has 3 aliphatic heterocycles. The number of halogens is 1. The number of alkyl halides is 1. The van der Waals surface area contributed by atoms with E-state index >= 15 is 0 Å². The molecule has 3 saturated heterocycles. The van der Waals surface area contributed by atoms with Gasteiger partial charge < -0.3 is 4.90 Å². The highest BCUT2D eigenvalue weighted by Gasteiger charge is 2.35. The number of ketones is 1. The van der Waals surface area contributed by atoms with Crippen LogP contribution in [-0.2, 0) is 0 Å². The fourth-order valence-corrected chi connectivity index (χ4v) is 4.36. The van der Waals surface area contributed by atoms with Crippen LogP contribution >= 0.6 is 33.9 Å². The van der Waals surface area contributed by atoms with Crippen LogP contribution in [0.5, 0.6) is 0 Å². The third kappa shape index (κ3) is 3.36. The molecule has 3 fully saturated rings. The van der Waals surface area contributed by atoms with Gasteiger partial charge in [0.25, 0.3) is 0 Å². The van der Waals surface area contributed by atoms with E-state index in [2.05, 4.69) is 32.5 Å². The van der Waals surface area contributed by atoms with E-state index in [9.17, 15) is 4.79 Å². The molecule has 118 valence electrons. The second kappa shape index (κ2) is 7.36. The van der Waals surface area contributed by atoms with Crippen molar-refractivity contribution in [2.24, 2.45) is 11.8 Å². The van der Waals surface area contributed by atoms with Gasteiger partial charge in [-0.15, -0.1) is 11.3 Å². The van der Waals surface area contributed by atoms with Crippen molar-refractivity contribution < 1.29 is 4.79 Å². The summed E-state index contributed by atoms with van der Waals surface area (Å²) in [5.74, 6) is 1.63. The number of hydrogen-bond donors (Lipinski definition) is 0. The summed E-state index contributed by atoms with van der Waals surface area (Å²) >= 11 is 3.77. The predicted molar refractivity (Wildman–Crippen MR) is 101 cm³/mol. The minimum atomic E-state index is 0.290. The minimum absolute atomic E-state index is 0.290. The van der Waals surface area contributed by atoms with Gasteiger partial charge >= 0.3 is 0 Å². The number of carbonyl (C=O) groups is 1. The molecular weight excluding hydrogens is 407 g/mol. The molecule has 5 heteroatoms. The zero-order valence-electron chi connectivity index (χ0n) is 12.8. The third-order valence-corrected chi connectivity index (χ3v) is 5.70. The van der Waals surface area contributed by atoms with Crippen molar-refractivity contribution >= 4 is 49.9 Å². The summed E-state index contributed by atoms with van der Waals surface area (Å²) in [6.45, 7) is 3.59. The van der Waals surface area contributed by atoms with Crippen LogP contribution < -0.4 is 0 Å². The first-order valence-corrected chi connectivity index (χ1v) is 10.8. The quantitative estimate of drug-likeness (QED) is 0.416. The zero-order chi connectivity index (χ0) is 15.5. The second-order valence-corrected chi connectivity index (χ2v) is 6.95. The lowest BCUT2D eigenvalue weighted by atomic mass is 9.76. The van der Waals surface area contributed by atoms with Crippen LogP contribution in [0.3, 0.4) is 0 Å². The Morgan fingerprint density at radius 1 is 1.36 bits per heavy atom. The Balaban J connectivity index is 0.000000693. The summed E-state index contributed by atoms with van der Waals surface area (Å²) in [4.78, 5) is 21.3. The normalized spacial score (nSPS) is 26.5. The molecule has 0 radical (unpaired) electrons. The summed E-state index contributed by atoms with van der Waals surface area (Å²) in [5, 5.41) is 0. The highest BCUT2D eigenvalue weighted by atomic mass is 127. The molecule has 1 atom stereocenters. The van der Waals surface area contributed by atoms with Crippen LogP contribution in [0.4, 0.5) is 0 Å². The van der Waals surface area contributed by atoms with Gasteiger partial charge in [0.2, 0.25) is 0 Å². The number of thiazole rings is 1. The molecule has 0 saturated carbocycles. The van der Waals surface area contributed by atoms with Crippen LogP contribution in [0.1, 0.15) is 29.6 Å².